The van der Waals surface area contributed by atoms with E-state index in [1.54, 1.807) is 20.3 Å². The zero-order valence-electron chi connectivity index (χ0n) is 16.3. The van der Waals surface area contributed by atoms with Gasteiger partial charge in [0, 0.05) is 12.6 Å². The van der Waals surface area contributed by atoms with Gasteiger partial charge in [-0.05, 0) is 67.3 Å². The summed E-state index contributed by atoms with van der Waals surface area (Å²) in [7, 11) is 6.73. The van der Waals surface area contributed by atoms with Gasteiger partial charge in [-0.2, -0.15) is 0 Å². The smallest absolute Gasteiger partial charge is 0.203 e. The lowest BCUT2D eigenvalue weighted by Crippen LogP contribution is -2.32. The van der Waals surface area contributed by atoms with Crippen molar-refractivity contribution in [2.45, 2.75) is 25.3 Å². The average molecular weight is 375 g/mol. The second-order valence-corrected chi connectivity index (χ2v) is 6.86. The van der Waals surface area contributed by atoms with Crippen LogP contribution < -0.4 is 14.2 Å². The second kappa shape index (κ2) is 7.96. The van der Waals surface area contributed by atoms with E-state index >= 15 is 0 Å². The van der Waals surface area contributed by atoms with Gasteiger partial charge in [0.05, 0.1) is 21.3 Å². The Kier molecular flexibility index (Phi) is 5.65. The van der Waals surface area contributed by atoms with Crippen molar-refractivity contribution in [2.75, 3.05) is 34.9 Å². The largest absolute Gasteiger partial charge is 0.504 e. The van der Waals surface area contributed by atoms with Crippen LogP contribution in [0, 0.1) is 0 Å². The molecule has 1 heterocycles. The minimum atomic E-state index is 0.0756. The fourth-order valence-corrected chi connectivity index (χ4v) is 3.83. The van der Waals surface area contributed by atoms with Crippen LogP contribution >= 0.6 is 0 Å². The van der Waals surface area contributed by atoms with E-state index in [9.17, 15) is 10.2 Å². The minimum absolute atomic E-state index is 0.0756. The highest BCUT2D eigenvalue weighted by Crippen LogP contribution is 2.41. The van der Waals surface area contributed by atoms with Gasteiger partial charge in [0.2, 0.25) is 5.75 Å². The van der Waals surface area contributed by atoms with Gasteiger partial charge in [0.1, 0.15) is 0 Å². The molecule has 3 rings (SSSR count). The number of aromatic hydroxyl groups is 2. The Bertz CT molecular complexity index is 821. The van der Waals surface area contributed by atoms with E-state index in [-0.39, 0.29) is 17.5 Å². The fourth-order valence-electron chi connectivity index (χ4n) is 3.83. The molecule has 27 heavy (non-hydrogen) atoms. The number of hydrogen-bond acceptors (Lipinski definition) is 6. The summed E-state index contributed by atoms with van der Waals surface area (Å²) in [4.78, 5) is 2.30. The van der Waals surface area contributed by atoms with Crippen molar-refractivity contribution in [1.82, 2.24) is 4.90 Å². The second-order valence-electron chi connectivity index (χ2n) is 6.86. The molecule has 0 bridgehead atoms. The molecule has 0 radical (unpaired) electrons. The number of fused-ring (bicyclic) bond motifs is 1. The lowest BCUT2D eigenvalue weighted by atomic mass is 9.92. The highest BCUT2D eigenvalue weighted by atomic mass is 16.5. The van der Waals surface area contributed by atoms with Crippen LogP contribution in [0.15, 0.2) is 24.3 Å². The van der Waals surface area contributed by atoms with Crippen LogP contribution in [0.2, 0.25) is 0 Å². The summed E-state index contributed by atoms with van der Waals surface area (Å²) in [5.41, 5.74) is 3.32. The summed E-state index contributed by atoms with van der Waals surface area (Å²) in [6, 6.07) is 7.55. The van der Waals surface area contributed by atoms with Crippen LogP contribution in [0.3, 0.4) is 0 Å². The Balaban J connectivity index is 1.85. The quantitative estimate of drug-likeness (QED) is 0.807. The Morgan fingerprint density at radius 2 is 1.74 bits per heavy atom. The summed E-state index contributed by atoms with van der Waals surface area (Å²) in [6.45, 7) is 0.947. The molecule has 0 saturated carbocycles. The van der Waals surface area contributed by atoms with Crippen LogP contribution in [0.4, 0.5) is 0 Å². The molecule has 2 aromatic carbocycles. The third kappa shape index (κ3) is 3.76. The van der Waals surface area contributed by atoms with Crippen LogP contribution in [-0.4, -0.2) is 50.0 Å². The molecule has 0 spiro atoms. The van der Waals surface area contributed by atoms with Gasteiger partial charge in [-0.1, -0.05) is 0 Å². The highest BCUT2D eigenvalue weighted by molar-refractivity contribution is 5.53. The van der Waals surface area contributed by atoms with Crippen molar-refractivity contribution < 1.29 is 24.4 Å². The highest BCUT2D eigenvalue weighted by Gasteiger charge is 2.26. The molecular weight excluding hydrogens is 348 g/mol. The lowest BCUT2D eigenvalue weighted by Gasteiger charge is -2.35. The van der Waals surface area contributed by atoms with E-state index in [4.69, 9.17) is 14.2 Å². The van der Waals surface area contributed by atoms with Crippen LogP contribution in [0.5, 0.6) is 28.7 Å². The number of hydrogen-bond donors (Lipinski definition) is 2. The predicted octanol–water partition coefficient (Wildman–Crippen LogP) is 3.29. The minimum Gasteiger partial charge on any atom is -0.504 e. The predicted molar refractivity (Wildman–Crippen MR) is 103 cm³/mol. The number of phenolic OH excluding ortho intramolecular Hbond substituents is 2. The molecule has 6 nitrogen and oxygen atoms in total. The third-order valence-corrected chi connectivity index (χ3v) is 5.29. The van der Waals surface area contributed by atoms with Gasteiger partial charge in [-0.15, -0.1) is 0 Å². The molecule has 0 amide bonds. The first kappa shape index (κ1) is 19.2. The molecule has 146 valence electrons. The van der Waals surface area contributed by atoms with Crippen molar-refractivity contribution in [2.24, 2.45) is 0 Å². The van der Waals surface area contributed by atoms with E-state index in [1.165, 1.54) is 12.7 Å². The van der Waals surface area contributed by atoms with Crippen LogP contribution in [-0.2, 0) is 12.8 Å². The van der Waals surface area contributed by atoms with Gasteiger partial charge >= 0.3 is 0 Å². The maximum absolute atomic E-state index is 10.2. The number of methoxy groups -OCH3 is 3. The summed E-state index contributed by atoms with van der Waals surface area (Å²) < 4.78 is 15.8. The molecule has 0 aliphatic carbocycles. The molecule has 2 aromatic rings. The number of ether oxygens (including phenoxy) is 3. The number of benzene rings is 2. The molecule has 6 heteroatoms. The normalized spacial score (nSPS) is 16.7. The number of nitrogens with zero attached hydrogens (tertiary/aromatic N) is 1. The van der Waals surface area contributed by atoms with E-state index in [1.807, 2.05) is 18.2 Å². The summed E-state index contributed by atoms with van der Waals surface area (Å²) >= 11 is 0. The fraction of sp³-hybridized carbons (Fsp3) is 0.429. The number of phenols is 2. The molecular formula is C21H27NO5. The molecule has 1 atom stereocenters. The van der Waals surface area contributed by atoms with Gasteiger partial charge in [0.15, 0.2) is 23.0 Å². The molecule has 2 N–H and O–H groups in total. The zero-order chi connectivity index (χ0) is 19.6. The van der Waals surface area contributed by atoms with Gasteiger partial charge in [0.25, 0.3) is 0 Å². The number of likely N-dealkylation sites (N-methyl/N-ethyl adjacent to an activating group) is 1. The average Bonchev–Trinajstić information content (AvgIpc) is 2.66. The zero-order valence-corrected chi connectivity index (χ0v) is 16.3. The Morgan fingerprint density at radius 1 is 1.00 bits per heavy atom. The molecule has 0 fully saturated rings. The van der Waals surface area contributed by atoms with Gasteiger partial charge in [-0.3, -0.25) is 4.90 Å². The molecule has 1 unspecified atom stereocenters. The molecule has 1 aliphatic heterocycles. The first-order valence-corrected chi connectivity index (χ1v) is 9.02. The third-order valence-electron chi connectivity index (χ3n) is 5.29. The Hall–Kier alpha value is -2.60. The lowest BCUT2D eigenvalue weighted by molar-refractivity contribution is 0.218. The van der Waals surface area contributed by atoms with Gasteiger partial charge in [-0.25, -0.2) is 0 Å². The van der Waals surface area contributed by atoms with E-state index in [2.05, 4.69) is 11.9 Å². The van der Waals surface area contributed by atoms with Crippen LogP contribution in [0.25, 0.3) is 0 Å². The van der Waals surface area contributed by atoms with Crippen LogP contribution in [0.1, 0.15) is 29.2 Å². The maximum Gasteiger partial charge on any atom is 0.203 e. The summed E-state index contributed by atoms with van der Waals surface area (Å²) in [5, 5.41) is 20.4. The van der Waals surface area contributed by atoms with E-state index < -0.39 is 0 Å². The Morgan fingerprint density at radius 3 is 2.41 bits per heavy atom. The van der Waals surface area contributed by atoms with Crippen molar-refractivity contribution in [1.29, 1.82) is 0 Å². The number of aryl methyl sites for hydroxylation is 1. The van der Waals surface area contributed by atoms with E-state index in [0.717, 1.165) is 36.9 Å². The van der Waals surface area contributed by atoms with Gasteiger partial charge < -0.3 is 24.4 Å². The van der Waals surface area contributed by atoms with Crippen molar-refractivity contribution in [3.05, 3.63) is 41.0 Å². The first-order chi connectivity index (χ1) is 13.0. The number of rotatable bonds is 6. The first-order valence-electron chi connectivity index (χ1n) is 9.02. The molecule has 1 aliphatic rings. The molecule has 0 saturated heterocycles. The van der Waals surface area contributed by atoms with E-state index in [0.29, 0.717) is 17.2 Å². The van der Waals surface area contributed by atoms with Crippen molar-refractivity contribution >= 4 is 0 Å². The maximum atomic E-state index is 10.2. The van der Waals surface area contributed by atoms with Crippen molar-refractivity contribution in [3.63, 3.8) is 0 Å². The standard InChI is InChI=1S/C21H27NO5/c1-22-8-7-14-11-19(25-2)17(23)12-15(14)16(22)6-5-13-9-18(24)21(27-4)20(10-13)26-3/h9-12,16,23-24H,5-8H2,1-4H3/i8+2. The van der Waals surface area contributed by atoms with Crippen molar-refractivity contribution in [3.8, 4) is 28.7 Å². The molecule has 0 aromatic heterocycles. The Labute approximate surface area is 159 Å². The summed E-state index contributed by atoms with van der Waals surface area (Å²) in [6.07, 6.45) is 2.54. The SMILES string of the molecule is COc1cc2c(cc1O)C(CCc1cc(O)c(OC)c(OC)c1)N(C)[14CH2]C2. The topological polar surface area (TPSA) is 71.4 Å². The monoisotopic (exact) mass is 375 g/mol. The summed E-state index contributed by atoms with van der Waals surface area (Å²) in [5.74, 6) is 1.62.